The number of alkyl halides is 1. The molecule has 1 amide bonds. The van der Waals surface area contributed by atoms with Crippen LogP contribution in [0.1, 0.15) is 5.56 Å². The van der Waals surface area contributed by atoms with Crippen molar-refractivity contribution in [1.29, 1.82) is 0 Å². The zero-order valence-corrected chi connectivity index (χ0v) is 12.0. The number of para-hydroxylation sites is 1. The van der Waals surface area contributed by atoms with E-state index in [-0.39, 0.29) is 24.0 Å². The first-order chi connectivity index (χ1) is 9.63. The van der Waals surface area contributed by atoms with Crippen molar-refractivity contribution in [3.63, 3.8) is 0 Å². The Labute approximate surface area is 126 Å². The van der Waals surface area contributed by atoms with E-state index < -0.39 is 5.82 Å². The lowest BCUT2D eigenvalue weighted by atomic mass is 10.2. The van der Waals surface area contributed by atoms with Crippen molar-refractivity contribution in [3.05, 3.63) is 64.9 Å². The van der Waals surface area contributed by atoms with Gasteiger partial charge in [0.1, 0.15) is 11.7 Å². The third-order valence-electron chi connectivity index (χ3n) is 2.84. The molecular weight excluding hydrogens is 300 g/mol. The van der Waals surface area contributed by atoms with Crippen LogP contribution in [-0.4, -0.2) is 11.8 Å². The van der Waals surface area contributed by atoms with Gasteiger partial charge in [-0.05, 0) is 23.8 Å². The number of carbonyl (C=O) groups excluding carboxylic acids is 1. The van der Waals surface area contributed by atoms with Crippen LogP contribution in [0.4, 0.5) is 10.1 Å². The molecule has 0 unspecified atom stereocenters. The largest absolute Gasteiger partial charge is 0.304 e. The molecule has 5 heteroatoms. The van der Waals surface area contributed by atoms with Gasteiger partial charge in [0.05, 0.1) is 12.2 Å². The van der Waals surface area contributed by atoms with Crippen LogP contribution in [0.5, 0.6) is 0 Å². The highest BCUT2D eigenvalue weighted by Crippen LogP contribution is 2.24. The van der Waals surface area contributed by atoms with E-state index in [4.69, 9.17) is 23.2 Å². The predicted molar refractivity (Wildman–Crippen MR) is 79.8 cm³/mol. The van der Waals surface area contributed by atoms with E-state index in [0.717, 1.165) is 5.56 Å². The average molecular weight is 312 g/mol. The maximum absolute atomic E-state index is 13.9. The summed E-state index contributed by atoms with van der Waals surface area (Å²) in [5.41, 5.74) is 0.925. The van der Waals surface area contributed by atoms with Gasteiger partial charge in [0, 0.05) is 5.02 Å². The van der Waals surface area contributed by atoms with Crippen molar-refractivity contribution in [2.75, 3.05) is 10.8 Å². The normalized spacial score (nSPS) is 10.3. The molecule has 2 aromatic carbocycles. The first kappa shape index (κ1) is 14.8. The van der Waals surface area contributed by atoms with Gasteiger partial charge in [-0.1, -0.05) is 41.9 Å². The van der Waals surface area contributed by atoms with Gasteiger partial charge in [-0.2, -0.15) is 0 Å². The average Bonchev–Trinajstić information content (AvgIpc) is 2.47. The van der Waals surface area contributed by atoms with Crippen LogP contribution in [0.2, 0.25) is 5.02 Å². The molecule has 2 aromatic rings. The fraction of sp³-hybridized carbons (Fsp3) is 0.133. The smallest absolute Gasteiger partial charge is 0.242 e. The predicted octanol–water partition coefficient (Wildman–Crippen LogP) is 4.25. The molecule has 104 valence electrons. The van der Waals surface area contributed by atoms with Gasteiger partial charge in [0.2, 0.25) is 5.91 Å². The summed E-state index contributed by atoms with van der Waals surface area (Å²) >= 11 is 11.7. The molecule has 0 aromatic heterocycles. The summed E-state index contributed by atoms with van der Waals surface area (Å²) in [7, 11) is 0. The van der Waals surface area contributed by atoms with E-state index in [1.807, 2.05) is 6.07 Å². The Morgan fingerprint density at radius 3 is 2.40 bits per heavy atom. The Morgan fingerprint density at radius 1 is 1.10 bits per heavy atom. The Bertz CT molecular complexity index is 618. The minimum absolute atomic E-state index is 0.173. The highest BCUT2D eigenvalue weighted by Gasteiger charge is 2.19. The van der Waals surface area contributed by atoms with Gasteiger partial charge in [0.25, 0.3) is 0 Å². The molecule has 0 saturated carbocycles. The number of hydrogen-bond acceptors (Lipinski definition) is 1. The number of rotatable bonds is 4. The monoisotopic (exact) mass is 311 g/mol. The zero-order chi connectivity index (χ0) is 14.5. The molecule has 0 fully saturated rings. The lowest BCUT2D eigenvalue weighted by Gasteiger charge is -2.23. The summed E-state index contributed by atoms with van der Waals surface area (Å²) in [5, 5.41) is 0.524. The van der Waals surface area contributed by atoms with Crippen molar-refractivity contribution in [2.45, 2.75) is 6.54 Å². The number of halogens is 3. The molecule has 0 aliphatic heterocycles. The molecule has 0 heterocycles. The molecule has 0 spiro atoms. The van der Waals surface area contributed by atoms with Gasteiger partial charge in [-0.15, -0.1) is 11.6 Å². The highest BCUT2D eigenvalue weighted by atomic mass is 35.5. The fourth-order valence-electron chi connectivity index (χ4n) is 1.85. The minimum atomic E-state index is -0.474. The van der Waals surface area contributed by atoms with Crippen molar-refractivity contribution in [1.82, 2.24) is 0 Å². The Hall–Kier alpha value is -1.58. The van der Waals surface area contributed by atoms with E-state index in [9.17, 15) is 9.18 Å². The molecule has 2 nitrogen and oxygen atoms in total. The highest BCUT2D eigenvalue weighted by molar-refractivity contribution is 6.31. The van der Waals surface area contributed by atoms with Crippen LogP contribution in [0.15, 0.2) is 48.5 Å². The molecule has 0 radical (unpaired) electrons. The zero-order valence-electron chi connectivity index (χ0n) is 10.5. The van der Waals surface area contributed by atoms with Crippen LogP contribution in [0.3, 0.4) is 0 Å². The van der Waals surface area contributed by atoms with Crippen LogP contribution < -0.4 is 4.90 Å². The summed E-state index contributed by atoms with van der Waals surface area (Å²) in [5.74, 6) is -1.08. The molecular formula is C15H12Cl2FNO. The van der Waals surface area contributed by atoms with Gasteiger partial charge in [-0.25, -0.2) is 4.39 Å². The summed E-state index contributed by atoms with van der Waals surface area (Å²) in [4.78, 5) is 13.3. The van der Waals surface area contributed by atoms with Crippen molar-refractivity contribution in [2.24, 2.45) is 0 Å². The number of nitrogens with zero attached hydrogens (tertiary/aromatic N) is 1. The Morgan fingerprint density at radius 2 is 1.75 bits per heavy atom. The van der Waals surface area contributed by atoms with Crippen LogP contribution in [-0.2, 0) is 11.3 Å². The SMILES string of the molecule is O=C(CCl)N(Cc1ccccc1Cl)c1ccccc1F. The number of anilines is 1. The van der Waals surface area contributed by atoms with Crippen LogP contribution >= 0.6 is 23.2 Å². The standard InChI is InChI=1S/C15H12Cl2FNO/c16-9-15(20)19(14-8-4-3-7-13(14)18)10-11-5-1-2-6-12(11)17/h1-8H,9-10H2. The fourth-order valence-corrected chi connectivity index (χ4v) is 2.19. The van der Waals surface area contributed by atoms with E-state index in [1.54, 1.807) is 30.3 Å². The minimum Gasteiger partial charge on any atom is -0.304 e. The van der Waals surface area contributed by atoms with E-state index in [2.05, 4.69) is 0 Å². The number of carbonyl (C=O) groups is 1. The van der Waals surface area contributed by atoms with Crippen molar-refractivity contribution in [3.8, 4) is 0 Å². The molecule has 20 heavy (non-hydrogen) atoms. The summed E-state index contributed by atoms with van der Waals surface area (Å²) in [6, 6.07) is 13.2. The Balaban J connectivity index is 2.37. The number of benzene rings is 2. The van der Waals surface area contributed by atoms with E-state index >= 15 is 0 Å². The summed E-state index contributed by atoms with van der Waals surface area (Å²) < 4.78 is 13.9. The number of amides is 1. The molecule has 0 saturated heterocycles. The first-order valence-electron chi connectivity index (χ1n) is 5.97. The molecule has 0 N–H and O–H groups in total. The van der Waals surface area contributed by atoms with Crippen molar-refractivity contribution < 1.29 is 9.18 Å². The molecule has 0 bridgehead atoms. The second-order valence-electron chi connectivity index (χ2n) is 4.16. The first-order valence-corrected chi connectivity index (χ1v) is 6.89. The third kappa shape index (κ3) is 3.30. The van der Waals surface area contributed by atoms with Gasteiger partial charge in [0.15, 0.2) is 0 Å². The topological polar surface area (TPSA) is 20.3 Å². The summed E-state index contributed by atoms with van der Waals surface area (Å²) in [6.07, 6.45) is 0. The van der Waals surface area contributed by atoms with Crippen molar-refractivity contribution >= 4 is 34.8 Å². The van der Waals surface area contributed by atoms with E-state index in [1.165, 1.54) is 17.0 Å². The molecule has 0 aliphatic rings. The van der Waals surface area contributed by atoms with Gasteiger partial charge in [-0.3, -0.25) is 4.79 Å². The molecule has 0 atom stereocenters. The maximum atomic E-state index is 13.9. The van der Waals surface area contributed by atoms with Gasteiger partial charge < -0.3 is 4.90 Å². The molecule has 0 aliphatic carbocycles. The lowest BCUT2D eigenvalue weighted by molar-refractivity contribution is -0.116. The van der Waals surface area contributed by atoms with Crippen LogP contribution in [0, 0.1) is 5.82 Å². The van der Waals surface area contributed by atoms with Gasteiger partial charge >= 0.3 is 0 Å². The van der Waals surface area contributed by atoms with Crippen LogP contribution in [0.25, 0.3) is 0 Å². The third-order valence-corrected chi connectivity index (χ3v) is 3.44. The Kier molecular flexibility index (Phi) is 4.99. The quantitative estimate of drug-likeness (QED) is 0.773. The second-order valence-corrected chi connectivity index (χ2v) is 4.83. The van der Waals surface area contributed by atoms with E-state index in [0.29, 0.717) is 5.02 Å². The maximum Gasteiger partial charge on any atom is 0.242 e. The number of hydrogen-bond donors (Lipinski definition) is 0. The molecule has 2 rings (SSSR count). The lowest BCUT2D eigenvalue weighted by Crippen LogP contribution is -2.32. The summed E-state index contributed by atoms with van der Waals surface area (Å²) in [6.45, 7) is 0.173. The second kappa shape index (κ2) is 6.73.